The highest BCUT2D eigenvalue weighted by Crippen LogP contribution is 2.27. The largest absolute Gasteiger partial charge is 0.497 e. The van der Waals surface area contributed by atoms with Gasteiger partial charge < -0.3 is 10.1 Å². The lowest BCUT2D eigenvalue weighted by atomic mass is 10.1. The Hall–Kier alpha value is -3.03. The first-order valence-electron chi connectivity index (χ1n) is 9.50. The molecule has 3 aromatic rings. The molecule has 0 aromatic heterocycles. The number of ether oxygens (including phenoxy) is 1. The van der Waals surface area contributed by atoms with E-state index in [9.17, 15) is 13.2 Å². The van der Waals surface area contributed by atoms with Crippen LogP contribution in [0.25, 0.3) is 0 Å². The summed E-state index contributed by atoms with van der Waals surface area (Å²) in [5.74, 6) is 0.0601. The molecule has 1 N–H and O–H groups in total. The number of nitrogens with one attached hydrogen (secondary N) is 1. The van der Waals surface area contributed by atoms with Crippen molar-refractivity contribution >= 4 is 38.9 Å². The number of nitrogens with zero attached hydrogens (tertiary/aromatic N) is 1. The normalized spacial score (nSPS) is 11.1. The standard InChI is InChI=1S/C23H23ClN2O4S/c1-16-7-12-22(17(2)13-16)25-23(27)15-26(19-6-4-5-18(24)14-19)31(28,29)21-10-8-20(30-3)9-11-21/h4-14H,15H2,1-3H3,(H,25,27). The van der Waals surface area contributed by atoms with E-state index >= 15 is 0 Å². The van der Waals surface area contributed by atoms with Gasteiger partial charge in [0.1, 0.15) is 12.3 Å². The van der Waals surface area contributed by atoms with Crippen molar-refractivity contribution in [3.8, 4) is 5.75 Å². The summed E-state index contributed by atoms with van der Waals surface area (Å²) in [6, 6.07) is 18.0. The summed E-state index contributed by atoms with van der Waals surface area (Å²) in [6.45, 7) is 3.42. The van der Waals surface area contributed by atoms with E-state index in [0.717, 1.165) is 15.4 Å². The number of rotatable bonds is 7. The monoisotopic (exact) mass is 458 g/mol. The second-order valence-corrected chi connectivity index (χ2v) is 9.33. The van der Waals surface area contributed by atoms with Gasteiger partial charge in [-0.05, 0) is 67.9 Å². The van der Waals surface area contributed by atoms with Crippen molar-refractivity contribution in [3.63, 3.8) is 0 Å². The maximum absolute atomic E-state index is 13.4. The summed E-state index contributed by atoms with van der Waals surface area (Å²) in [5.41, 5.74) is 2.88. The predicted octanol–water partition coefficient (Wildman–Crippen LogP) is 4.80. The molecule has 0 aliphatic heterocycles. The minimum atomic E-state index is -4.04. The number of carbonyl (C=O) groups is 1. The molecule has 162 valence electrons. The van der Waals surface area contributed by atoms with Gasteiger partial charge in [0.15, 0.2) is 0 Å². The number of aryl methyl sites for hydroxylation is 2. The zero-order chi connectivity index (χ0) is 22.6. The Labute approximate surface area is 187 Å². The van der Waals surface area contributed by atoms with E-state index in [2.05, 4.69) is 5.32 Å². The fraction of sp³-hybridized carbons (Fsp3) is 0.174. The third-order valence-corrected chi connectivity index (χ3v) is 6.71. The summed E-state index contributed by atoms with van der Waals surface area (Å²) in [7, 11) is -2.54. The molecule has 8 heteroatoms. The molecule has 0 unspecified atom stereocenters. The topological polar surface area (TPSA) is 75.7 Å². The average Bonchev–Trinajstić information content (AvgIpc) is 2.74. The average molecular weight is 459 g/mol. The smallest absolute Gasteiger partial charge is 0.264 e. The molecule has 0 heterocycles. The highest BCUT2D eigenvalue weighted by molar-refractivity contribution is 7.92. The van der Waals surface area contributed by atoms with Gasteiger partial charge in [0.25, 0.3) is 10.0 Å². The van der Waals surface area contributed by atoms with E-state index < -0.39 is 22.5 Å². The van der Waals surface area contributed by atoms with Crippen LogP contribution in [0.1, 0.15) is 11.1 Å². The highest BCUT2D eigenvalue weighted by atomic mass is 35.5. The Morgan fingerprint density at radius 3 is 2.35 bits per heavy atom. The zero-order valence-corrected chi connectivity index (χ0v) is 19.0. The van der Waals surface area contributed by atoms with Gasteiger partial charge in [-0.15, -0.1) is 0 Å². The first-order valence-corrected chi connectivity index (χ1v) is 11.3. The van der Waals surface area contributed by atoms with Crippen molar-refractivity contribution in [2.24, 2.45) is 0 Å². The van der Waals surface area contributed by atoms with Crippen LogP contribution in [0.15, 0.2) is 71.6 Å². The zero-order valence-electron chi connectivity index (χ0n) is 17.4. The van der Waals surface area contributed by atoms with Gasteiger partial charge in [-0.1, -0.05) is 35.4 Å². The third kappa shape index (κ3) is 5.37. The molecule has 3 rings (SSSR count). The van der Waals surface area contributed by atoms with Crippen LogP contribution in [0.5, 0.6) is 5.75 Å². The number of benzene rings is 3. The van der Waals surface area contributed by atoms with Gasteiger partial charge in [-0.3, -0.25) is 9.10 Å². The summed E-state index contributed by atoms with van der Waals surface area (Å²) in [5, 5.41) is 3.16. The fourth-order valence-electron chi connectivity index (χ4n) is 3.10. The Morgan fingerprint density at radius 1 is 1.03 bits per heavy atom. The van der Waals surface area contributed by atoms with Gasteiger partial charge in [-0.2, -0.15) is 0 Å². The van der Waals surface area contributed by atoms with E-state index in [4.69, 9.17) is 16.3 Å². The van der Waals surface area contributed by atoms with Crippen molar-refractivity contribution < 1.29 is 17.9 Å². The Bertz CT molecular complexity index is 1190. The Balaban J connectivity index is 1.95. The lowest BCUT2D eigenvalue weighted by Gasteiger charge is -2.24. The molecule has 0 radical (unpaired) electrons. The lowest BCUT2D eigenvalue weighted by molar-refractivity contribution is -0.114. The summed E-state index contributed by atoms with van der Waals surface area (Å²) < 4.78 is 33.0. The van der Waals surface area contributed by atoms with Crippen LogP contribution in [0.3, 0.4) is 0 Å². The van der Waals surface area contributed by atoms with E-state index in [1.165, 1.54) is 25.3 Å². The quantitative estimate of drug-likeness (QED) is 0.551. The number of amides is 1. The van der Waals surface area contributed by atoms with Crippen LogP contribution < -0.4 is 14.4 Å². The van der Waals surface area contributed by atoms with Crippen molar-refractivity contribution in [1.29, 1.82) is 0 Å². The van der Waals surface area contributed by atoms with Crippen LogP contribution in [0.4, 0.5) is 11.4 Å². The minimum absolute atomic E-state index is 0.0348. The SMILES string of the molecule is COc1ccc(S(=O)(=O)N(CC(=O)Nc2ccc(C)cc2C)c2cccc(Cl)c2)cc1. The second kappa shape index (κ2) is 9.41. The first-order chi connectivity index (χ1) is 14.7. The van der Waals surface area contributed by atoms with E-state index in [-0.39, 0.29) is 4.90 Å². The van der Waals surface area contributed by atoms with Crippen LogP contribution in [-0.4, -0.2) is 28.0 Å². The van der Waals surface area contributed by atoms with Crippen LogP contribution in [-0.2, 0) is 14.8 Å². The Morgan fingerprint density at radius 2 is 1.74 bits per heavy atom. The molecular formula is C23H23ClN2O4S. The second-order valence-electron chi connectivity index (χ2n) is 7.03. The molecule has 0 fully saturated rings. The van der Waals surface area contributed by atoms with Gasteiger partial charge >= 0.3 is 0 Å². The first kappa shape index (κ1) is 22.7. The summed E-state index contributed by atoms with van der Waals surface area (Å²) in [4.78, 5) is 12.9. The van der Waals surface area contributed by atoms with Gasteiger partial charge in [0.05, 0.1) is 17.7 Å². The number of carbonyl (C=O) groups excluding carboxylic acids is 1. The molecule has 1 amide bonds. The third-order valence-electron chi connectivity index (χ3n) is 4.69. The summed E-state index contributed by atoms with van der Waals surface area (Å²) in [6.07, 6.45) is 0. The molecule has 31 heavy (non-hydrogen) atoms. The molecule has 0 aliphatic rings. The fourth-order valence-corrected chi connectivity index (χ4v) is 4.69. The van der Waals surface area contributed by atoms with Crippen molar-refractivity contribution in [1.82, 2.24) is 0 Å². The molecule has 6 nitrogen and oxygen atoms in total. The number of sulfonamides is 1. The molecule has 0 aliphatic carbocycles. The molecule has 0 atom stereocenters. The predicted molar refractivity (Wildman–Crippen MR) is 124 cm³/mol. The molecule has 0 saturated carbocycles. The van der Waals surface area contributed by atoms with Crippen LogP contribution in [0, 0.1) is 13.8 Å². The number of methoxy groups -OCH3 is 1. The van der Waals surface area contributed by atoms with E-state index in [0.29, 0.717) is 22.1 Å². The maximum atomic E-state index is 13.4. The number of hydrogen-bond acceptors (Lipinski definition) is 4. The Kier molecular flexibility index (Phi) is 6.87. The van der Waals surface area contributed by atoms with Crippen molar-refractivity contribution in [2.45, 2.75) is 18.7 Å². The van der Waals surface area contributed by atoms with E-state index in [1.54, 1.807) is 36.4 Å². The number of hydrogen-bond donors (Lipinski definition) is 1. The number of halogens is 1. The number of anilines is 2. The lowest BCUT2D eigenvalue weighted by Crippen LogP contribution is -2.38. The minimum Gasteiger partial charge on any atom is -0.497 e. The molecule has 0 bridgehead atoms. The van der Waals surface area contributed by atoms with Crippen molar-refractivity contribution in [3.05, 3.63) is 82.9 Å². The van der Waals surface area contributed by atoms with Crippen molar-refractivity contribution in [2.75, 3.05) is 23.3 Å². The molecular weight excluding hydrogens is 436 g/mol. The van der Waals surface area contributed by atoms with Gasteiger partial charge in [0.2, 0.25) is 5.91 Å². The molecule has 3 aromatic carbocycles. The van der Waals surface area contributed by atoms with Gasteiger partial charge in [0, 0.05) is 10.7 Å². The van der Waals surface area contributed by atoms with Gasteiger partial charge in [-0.25, -0.2) is 8.42 Å². The highest BCUT2D eigenvalue weighted by Gasteiger charge is 2.27. The van der Waals surface area contributed by atoms with Crippen LogP contribution in [0.2, 0.25) is 5.02 Å². The molecule has 0 saturated heterocycles. The molecule has 0 spiro atoms. The maximum Gasteiger partial charge on any atom is 0.264 e. The summed E-state index contributed by atoms with van der Waals surface area (Å²) >= 11 is 6.09. The van der Waals surface area contributed by atoms with Crippen LogP contribution >= 0.6 is 11.6 Å². The van der Waals surface area contributed by atoms with E-state index in [1.807, 2.05) is 26.0 Å².